The Bertz CT molecular complexity index is 1880. The summed E-state index contributed by atoms with van der Waals surface area (Å²) in [4.78, 5) is 25.4. The number of carbonyl (C=O) groups is 2. The second kappa shape index (κ2) is 15.9. The number of nitrogens with one attached hydrogen (secondary N) is 1. The van der Waals surface area contributed by atoms with Crippen LogP contribution in [0.2, 0.25) is 0 Å². The van der Waals surface area contributed by atoms with Gasteiger partial charge in [-0.15, -0.1) is 0 Å². The monoisotopic (exact) mass is 824 g/mol. The molecule has 2 N–H and O–H groups in total. The van der Waals surface area contributed by atoms with Gasteiger partial charge in [-0.2, -0.15) is 0 Å². The highest BCUT2D eigenvalue weighted by atomic mass is 19.1. The van der Waals surface area contributed by atoms with Crippen LogP contribution in [0.1, 0.15) is 163 Å². The Balaban J connectivity index is 0.990. The lowest BCUT2D eigenvalue weighted by molar-refractivity contribution is -0.221. The average molecular weight is 824 g/mol. The number of ether oxygens (including phenoxy) is 1. The van der Waals surface area contributed by atoms with Crippen LogP contribution < -0.4 is 5.32 Å². The van der Waals surface area contributed by atoms with E-state index >= 15 is 0 Å². The smallest absolute Gasteiger partial charge is 0.315 e. The molecule has 0 bridgehead atoms. The molecule has 7 aliphatic rings. The fourth-order valence-electron chi connectivity index (χ4n) is 16.3. The number of halogens is 1. The van der Waals surface area contributed by atoms with Crippen molar-refractivity contribution in [1.29, 1.82) is 0 Å². The standard InChI is InChI=1S/C54H78FNO4/c1-36(2)41-20-29-54(56-33-32-53(59)27-18-39(19-28-53)37(3)57)31-30-50(7)43(46(41)54)14-15-45-49(6)23-21-42(48(4,5)44(49)22-24-51(45,50)8)40-16-25-52(35-55,26-17-40)47(58)60-34-38-12-10-9-11-13-38/h9-13,16,21,39,41,43-46,56,59H,1,14-15,17-20,22-35H2,2-8H3/t39?,41-,43+,44-,45+,46+,49-,50+,51+,52-,53?,54-/m0/s1. The minimum atomic E-state index is -1.10. The first-order valence-electron chi connectivity index (χ1n) is 24.2. The number of aliphatic hydroxyl groups is 1. The van der Waals surface area contributed by atoms with Crippen LogP contribution >= 0.6 is 0 Å². The fourth-order valence-corrected chi connectivity index (χ4v) is 16.3. The molecule has 1 aromatic carbocycles. The first kappa shape index (κ1) is 44.1. The molecular formula is C54H78FNO4. The van der Waals surface area contributed by atoms with E-state index in [1.54, 1.807) is 6.92 Å². The maximum absolute atomic E-state index is 14.8. The predicted octanol–water partition coefficient (Wildman–Crippen LogP) is 12.2. The number of fused-ring (bicyclic) bond motifs is 7. The van der Waals surface area contributed by atoms with Crippen molar-refractivity contribution in [2.45, 2.75) is 175 Å². The maximum atomic E-state index is 14.8. The van der Waals surface area contributed by atoms with Gasteiger partial charge in [-0.05, 0) is 198 Å². The number of rotatable bonds is 11. The first-order chi connectivity index (χ1) is 28.4. The molecule has 0 aliphatic heterocycles. The number of hydrogen-bond donors (Lipinski definition) is 2. The zero-order chi connectivity index (χ0) is 42.9. The number of allylic oxidation sites excluding steroid dienone is 5. The summed E-state index contributed by atoms with van der Waals surface area (Å²) in [5, 5.41) is 15.8. The summed E-state index contributed by atoms with van der Waals surface area (Å²) in [6.45, 7) is 22.0. The van der Waals surface area contributed by atoms with E-state index in [1.807, 2.05) is 30.3 Å². The third-order valence-corrected chi connectivity index (χ3v) is 20.1. The minimum absolute atomic E-state index is 0.0149. The quantitative estimate of drug-likeness (QED) is 0.172. The Hall–Kier alpha value is -2.57. The number of Topliss-reactive ketones (excluding diaryl/α,β-unsaturated/α-hetero) is 1. The Morgan fingerprint density at radius 1 is 0.833 bits per heavy atom. The summed E-state index contributed by atoms with van der Waals surface area (Å²) in [7, 11) is 0. The molecule has 5 saturated carbocycles. The number of carbonyl (C=O) groups excluding carboxylic acids is 2. The van der Waals surface area contributed by atoms with Crippen molar-refractivity contribution in [1.82, 2.24) is 5.32 Å². The molecule has 0 unspecified atom stereocenters. The molecule has 0 spiro atoms. The average Bonchev–Trinajstić information content (AvgIpc) is 3.60. The lowest BCUT2D eigenvalue weighted by Crippen LogP contribution is -2.68. The number of ketones is 1. The summed E-state index contributed by atoms with van der Waals surface area (Å²) in [5.74, 6) is 2.94. The van der Waals surface area contributed by atoms with E-state index in [0.717, 1.165) is 50.6 Å². The van der Waals surface area contributed by atoms with Gasteiger partial charge in [-0.3, -0.25) is 9.59 Å². The molecule has 6 heteroatoms. The molecule has 7 aliphatic carbocycles. The second-order valence-corrected chi connectivity index (χ2v) is 23.1. The Morgan fingerprint density at radius 3 is 2.22 bits per heavy atom. The van der Waals surface area contributed by atoms with Crippen LogP contribution in [0.15, 0.2) is 65.8 Å². The van der Waals surface area contributed by atoms with Crippen LogP contribution in [0, 0.1) is 62.6 Å². The van der Waals surface area contributed by atoms with Crippen molar-refractivity contribution in [3.05, 3.63) is 71.3 Å². The van der Waals surface area contributed by atoms with Crippen LogP contribution in [0.3, 0.4) is 0 Å². The van der Waals surface area contributed by atoms with Gasteiger partial charge in [-0.1, -0.05) is 89.3 Å². The Labute approximate surface area is 362 Å². The SMILES string of the molecule is C=C(C)[C@@H]1CC[C@]2(NCCC3(O)CCC(C(C)=O)CC3)CC[C@]3(C)[C@H](CC[C@@H]4[C@@]5(C)CC=C(C6=CC[C@](CF)(C(=O)OCc7ccccc7)CC6)C(C)(C)[C@@H]5CC[C@]43C)[C@@H]12. The van der Waals surface area contributed by atoms with E-state index in [9.17, 15) is 19.1 Å². The summed E-state index contributed by atoms with van der Waals surface area (Å²) >= 11 is 0. The van der Waals surface area contributed by atoms with Gasteiger partial charge < -0.3 is 15.2 Å². The molecule has 0 radical (unpaired) electrons. The van der Waals surface area contributed by atoms with Crippen LogP contribution in [0.25, 0.3) is 0 Å². The highest BCUT2D eigenvalue weighted by Crippen LogP contribution is 2.76. The van der Waals surface area contributed by atoms with Crippen LogP contribution in [-0.2, 0) is 20.9 Å². The van der Waals surface area contributed by atoms with Crippen molar-refractivity contribution in [2.24, 2.45) is 62.6 Å². The van der Waals surface area contributed by atoms with Gasteiger partial charge >= 0.3 is 5.97 Å². The number of esters is 1. The Morgan fingerprint density at radius 2 is 1.57 bits per heavy atom. The van der Waals surface area contributed by atoms with Gasteiger partial charge in [-0.25, -0.2) is 4.39 Å². The van der Waals surface area contributed by atoms with E-state index in [-0.39, 0.29) is 45.5 Å². The Kier molecular flexibility index (Phi) is 11.7. The molecule has 0 aromatic heterocycles. The molecule has 10 atom stereocenters. The van der Waals surface area contributed by atoms with Crippen LogP contribution in [0.5, 0.6) is 0 Å². The molecule has 5 nitrogen and oxygen atoms in total. The van der Waals surface area contributed by atoms with E-state index in [1.165, 1.54) is 68.1 Å². The van der Waals surface area contributed by atoms with Gasteiger partial charge in [0, 0.05) is 11.5 Å². The maximum Gasteiger partial charge on any atom is 0.315 e. The first-order valence-corrected chi connectivity index (χ1v) is 24.2. The normalized spacial score (nSPS) is 43.3. The lowest BCUT2D eigenvalue weighted by atomic mass is 9.33. The number of alkyl halides is 1. The summed E-state index contributed by atoms with van der Waals surface area (Å²) in [6.07, 6.45) is 21.3. The molecule has 330 valence electrons. The highest BCUT2D eigenvalue weighted by molar-refractivity contribution is 5.78. The molecule has 0 saturated heterocycles. The van der Waals surface area contributed by atoms with Crippen LogP contribution in [-0.4, -0.2) is 41.2 Å². The minimum Gasteiger partial charge on any atom is -0.460 e. The van der Waals surface area contributed by atoms with Gasteiger partial charge in [0.15, 0.2) is 0 Å². The van der Waals surface area contributed by atoms with Gasteiger partial charge in [0.05, 0.1) is 11.0 Å². The summed E-state index contributed by atoms with van der Waals surface area (Å²) in [5.41, 5.74) is 4.05. The topological polar surface area (TPSA) is 75.6 Å². The van der Waals surface area contributed by atoms with Crippen molar-refractivity contribution >= 4 is 11.8 Å². The van der Waals surface area contributed by atoms with E-state index in [2.05, 4.69) is 65.6 Å². The third kappa shape index (κ3) is 7.07. The molecule has 0 heterocycles. The van der Waals surface area contributed by atoms with E-state index < -0.39 is 23.7 Å². The van der Waals surface area contributed by atoms with E-state index in [4.69, 9.17) is 4.74 Å². The van der Waals surface area contributed by atoms with Gasteiger partial charge in [0.25, 0.3) is 0 Å². The van der Waals surface area contributed by atoms with Gasteiger partial charge in [0.1, 0.15) is 19.1 Å². The summed E-state index contributed by atoms with van der Waals surface area (Å²) in [6, 6.07) is 9.68. The zero-order valence-corrected chi connectivity index (χ0v) is 38.4. The third-order valence-electron chi connectivity index (χ3n) is 20.1. The molecule has 1 aromatic rings. The van der Waals surface area contributed by atoms with Gasteiger partial charge in [0.2, 0.25) is 0 Å². The highest BCUT2D eigenvalue weighted by Gasteiger charge is 2.70. The molecule has 60 heavy (non-hydrogen) atoms. The van der Waals surface area contributed by atoms with Crippen molar-refractivity contribution in [3.63, 3.8) is 0 Å². The van der Waals surface area contributed by atoms with Crippen molar-refractivity contribution in [3.8, 4) is 0 Å². The van der Waals surface area contributed by atoms with E-state index in [0.29, 0.717) is 48.9 Å². The number of benzene rings is 1. The lowest BCUT2D eigenvalue weighted by Gasteiger charge is -2.72. The number of hydrogen-bond acceptors (Lipinski definition) is 5. The molecule has 0 amide bonds. The second-order valence-electron chi connectivity index (χ2n) is 23.1. The van der Waals surface area contributed by atoms with Crippen molar-refractivity contribution < 1.29 is 23.8 Å². The predicted molar refractivity (Wildman–Crippen MR) is 240 cm³/mol. The zero-order valence-electron chi connectivity index (χ0n) is 38.4. The molecule has 5 fully saturated rings. The molecule has 8 rings (SSSR count). The molecular weight excluding hydrogens is 746 g/mol. The van der Waals surface area contributed by atoms with Crippen LogP contribution in [0.4, 0.5) is 4.39 Å². The fraction of sp³-hybridized carbons (Fsp3) is 0.741. The largest absolute Gasteiger partial charge is 0.460 e. The summed E-state index contributed by atoms with van der Waals surface area (Å²) < 4.78 is 20.5. The van der Waals surface area contributed by atoms with Crippen molar-refractivity contribution in [2.75, 3.05) is 13.2 Å².